The van der Waals surface area contributed by atoms with Crippen LogP contribution in [0, 0.1) is 11.8 Å². The molecule has 104 valence electrons. The Morgan fingerprint density at radius 3 is 2.35 bits per heavy atom. The van der Waals surface area contributed by atoms with Crippen LogP contribution in [-0.2, 0) is 14.3 Å². The molecular weight excluding hydrogens is 258 g/mol. The summed E-state index contributed by atoms with van der Waals surface area (Å²) in [6, 6.07) is 6.63. The summed E-state index contributed by atoms with van der Waals surface area (Å²) in [4.78, 5) is 33.2. The number of hydrogen-bond acceptors (Lipinski definition) is 4. The van der Waals surface area contributed by atoms with Gasteiger partial charge in [0.2, 0.25) is 5.91 Å². The van der Waals surface area contributed by atoms with Gasteiger partial charge >= 0.3 is 5.97 Å². The van der Waals surface area contributed by atoms with Crippen molar-refractivity contribution in [1.29, 1.82) is 0 Å². The highest BCUT2D eigenvalue weighted by molar-refractivity contribution is 5.97. The largest absolute Gasteiger partial charge is 0.469 e. The van der Waals surface area contributed by atoms with Crippen molar-refractivity contribution in [2.75, 3.05) is 7.11 Å². The Kier molecular flexibility index (Phi) is 5.98. The van der Waals surface area contributed by atoms with Gasteiger partial charge in [0, 0.05) is 17.5 Å². The number of ether oxygens (including phenoxy) is 1. The molecule has 1 aromatic rings. The molecular formula is C15H15NO4. The van der Waals surface area contributed by atoms with Gasteiger partial charge in [0.25, 0.3) is 0 Å². The van der Waals surface area contributed by atoms with E-state index in [2.05, 4.69) is 16.6 Å². The molecule has 0 fully saturated rings. The van der Waals surface area contributed by atoms with Crippen molar-refractivity contribution in [2.24, 2.45) is 5.73 Å². The zero-order chi connectivity index (χ0) is 15.0. The van der Waals surface area contributed by atoms with Crippen LogP contribution in [0.5, 0.6) is 0 Å². The van der Waals surface area contributed by atoms with Crippen molar-refractivity contribution in [3.63, 3.8) is 0 Å². The van der Waals surface area contributed by atoms with E-state index < -0.39 is 11.9 Å². The van der Waals surface area contributed by atoms with Crippen molar-refractivity contribution in [3.8, 4) is 11.8 Å². The Hall–Kier alpha value is -2.61. The lowest BCUT2D eigenvalue weighted by molar-refractivity contribution is -0.140. The molecule has 0 saturated carbocycles. The predicted octanol–water partition coefficient (Wildman–Crippen LogP) is 1.05. The zero-order valence-corrected chi connectivity index (χ0v) is 11.1. The molecule has 0 unspecified atom stereocenters. The minimum Gasteiger partial charge on any atom is -0.469 e. The van der Waals surface area contributed by atoms with Crippen LogP contribution in [0.2, 0.25) is 0 Å². The SMILES string of the molecule is COC(=O)CCC(=O)c1ccc(C#CCC(N)=O)cc1. The second kappa shape index (κ2) is 7.74. The lowest BCUT2D eigenvalue weighted by Gasteiger charge is -2.00. The molecule has 0 atom stereocenters. The van der Waals surface area contributed by atoms with E-state index in [0.717, 1.165) is 0 Å². The van der Waals surface area contributed by atoms with Gasteiger partial charge in [0.1, 0.15) is 0 Å². The maximum Gasteiger partial charge on any atom is 0.305 e. The van der Waals surface area contributed by atoms with Gasteiger partial charge in [0.15, 0.2) is 5.78 Å². The minimum absolute atomic E-state index is 0.000187. The van der Waals surface area contributed by atoms with Crippen molar-refractivity contribution in [3.05, 3.63) is 35.4 Å². The highest BCUT2D eigenvalue weighted by Gasteiger charge is 2.08. The first-order chi connectivity index (χ1) is 9.52. The Morgan fingerprint density at radius 1 is 1.15 bits per heavy atom. The molecule has 1 amide bonds. The van der Waals surface area contributed by atoms with Crippen LogP contribution >= 0.6 is 0 Å². The number of benzene rings is 1. The first-order valence-electron chi connectivity index (χ1n) is 6.00. The van der Waals surface area contributed by atoms with E-state index >= 15 is 0 Å². The van der Waals surface area contributed by atoms with Gasteiger partial charge in [-0.3, -0.25) is 14.4 Å². The molecule has 0 saturated heterocycles. The van der Waals surface area contributed by atoms with Crippen LogP contribution < -0.4 is 5.73 Å². The van der Waals surface area contributed by atoms with Crippen LogP contribution in [0.25, 0.3) is 0 Å². The standard InChI is InChI=1S/C15H15NO4/c1-20-15(19)10-9-13(17)12-7-5-11(6-8-12)3-2-4-14(16)18/h5-8H,4,9-10H2,1H3,(H2,16,18). The van der Waals surface area contributed by atoms with Crippen LogP contribution in [0.4, 0.5) is 0 Å². The van der Waals surface area contributed by atoms with Gasteiger partial charge in [0.05, 0.1) is 20.0 Å². The fraction of sp³-hybridized carbons (Fsp3) is 0.267. The number of nitrogens with two attached hydrogens (primary N) is 1. The number of hydrogen-bond donors (Lipinski definition) is 1. The van der Waals surface area contributed by atoms with E-state index in [1.54, 1.807) is 24.3 Å². The second-order valence-corrected chi connectivity index (χ2v) is 4.02. The van der Waals surface area contributed by atoms with Crippen molar-refractivity contribution in [1.82, 2.24) is 0 Å². The molecule has 1 aromatic carbocycles. The molecule has 0 radical (unpaired) electrons. The number of carbonyl (C=O) groups excluding carboxylic acids is 3. The van der Waals surface area contributed by atoms with Crippen molar-refractivity contribution < 1.29 is 19.1 Å². The third-order valence-electron chi connectivity index (χ3n) is 2.49. The zero-order valence-electron chi connectivity index (χ0n) is 11.1. The van der Waals surface area contributed by atoms with Crippen LogP contribution in [0.3, 0.4) is 0 Å². The Labute approximate surface area is 117 Å². The molecule has 2 N–H and O–H groups in total. The molecule has 0 aliphatic carbocycles. The lowest BCUT2D eigenvalue weighted by atomic mass is 10.0. The van der Waals surface area contributed by atoms with E-state index in [1.165, 1.54) is 7.11 Å². The van der Waals surface area contributed by atoms with E-state index in [4.69, 9.17) is 5.73 Å². The Balaban J connectivity index is 2.61. The van der Waals surface area contributed by atoms with E-state index in [0.29, 0.717) is 11.1 Å². The topological polar surface area (TPSA) is 86.5 Å². The number of primary amides is 1. The molecule has 20 heavy (non-hydrogen) atoms. The number of amides is 1. The van der Waals surface area contributed by atoms with E-state index in [1.807, 2.05) is 0 Å². The molecule has 1 rings (SSSR count). The number of Topliss-reactive ketones (excluding diaryl/α,β-unsaturated/α-hetero) is 1. The van der Waals surface area contributed by atoms with Crippen LogP contribution in [0.15, 0.2) is 24.3 Å². The summed E-state index contributed by atoms with van der Waals surface area (Å²) < 4.78 is 4.47. The van der Waals surface area contributed by atoms with Crippen LogP contribution in [0.1, 0.15) is 35.2 Å². The third kappa shape index (κ3) is 5.36. The summed E-state index contributed by atoms with van der Waals surface area (Å²) in [5.74, 6) is 4.37. The van der Waals surface area contributed by atoms with Gasteiger partial charge in [-0.15, -0.1) is 0 Å². The Bertz CT molecular complexity index is 564. The summed E-state index contributed by atoms with van der Waals surface area (Å²) in [5, 5.41) is 0. The van der Waals surface area contributed by atoms with E-state index in [9.17, 15) is 14.4 Å². The molecule has 5 heteroatoms. The first kappa shape index (κ1) is 15.4. The molecule has 0 spiro atoms. The predicted molar refractivity (Wildman–Crippen MR) is 72.7 cm³/mol. The summed E-state index contributed by atoms with van der Waals surface area (Å²) in [5.41, 5.74) is 6.16. The van der Waals surface area contributed by atoms with Crippen molar-refractivity contribution in [2.45, 2.75) is 19.3 Å². The molecule has 0 heterocycles. The monoisotopic (exact) mass is 273 g/mol. The summed E-state index contributed by atoms with van der Waals surface area (Å²) in [6.45, 7) is 0. The quantitative estimate of drug-likeness (QED) is 0.493. The average Bonchev–Trinajstić information content (AvgIpc) is 2.44. The summed E-state index contributed by atoms with van der Waals surface area (Å²) in [6.07, 6.45) is 0.175. The van der Waals surface area contributed by atoms with Gasteiger partial charge in [-0.2, -0.15) is 0 Å². The number of ketones is 1. The maximum absolute atomic E-state index is 11.8. The van der Waals surface area contributed by atoms with Gasteiger partial charge in [-0.25, -0.2) is 0 Å². The smallest absolute Gasteiger partial charge is 0.305 e. The normalized spacial score (nSPS) is 9.25. The molecule has 0 aromatic heterocycles. The Morgan fingerprint density at radius 2 is 1.80 bits per heavy atom. The molecule has 0 aliphatic heterocycles. The number of esters is 1. The number of rotatable bonds is 5. The van der Waals surface area contributed by atoms with E-state index in [-0.39, 0.29) is 25.0 Å². The summed E-state index contributed by atoms with van der Waals surface area (Å²) >= 11 is 0. The van der Waals surface area contributed by atoms with Gasteiger partial charge < -0.3 is 10.5 Å². The average molecular weight is 273 g/mol. The minimum atomic E-state index is -0.480. The summed E-state index contributed by atoms with van der Waals surface area (Å²) in [7, 11) is 1.28. The molecule has 0 aliphatic rings. The fourth-order valence-corrected chi connectivity index (χ4v) is 1.43. The van der Waals surface area contributed by atoms with Crippen LogP contribution in [-0.4, -0.2) is 24.8 Å². The second-order valence-electron chi connectivity index (χ2n) is 4.02. The number of methoxy groups -OCH3 is 1. The highest BCUT2D eigenvalue weighted by Crippen LogP contribution is 2.08. The fourth-order valence-electron chi connectivity index (χ4n) is 1.43. The van der Waals surface area contributed by atoms with Gasteiger partial charge in [-0.1, -0.05) is 24.0 Å². The maximum atomic E-state index is 11.8. The van der Waals surface area contributed by atoms with Gasteiger partial charge in [-0.05, 0) is 12.1 Å². The number of carbonyl (C=O) groups is 3. The van der Waals surface area contributed by atoms with Crippen molar-refractivity contribution >= 4 is 17.7 Å². The first-order valence-corrected chi connectivity index (χ1v) is 6.00. The molecule has 5 nitrogen and oxygen atoms in total. The highest BCUT2D eigenvalue weighted by atomic mass is 16.5. The lowest BCUT2D eigenvalue weighted by Crippen LogP contribution is -2.08. The third-order valence-corrected chi connectivity index (χ3v) is 2.49. The molecule has 0 bridgehead atoms.